The quantitative estimate of drug-likeness (QED) is 0.888. The van der Waals surface area contributed by atoms with Gasteiger partial charge in [0.1, 0.15) is 5.82 Å². The highest BCUT2D eigenvalue weighted by Crippen LogP contribution is 2.19. The Labute approximate surface area is 122 Å². The molecule has 1 fully saturated rings. The number of hydrogen-bond acceptors (Lipinski definition) is 2. The smallest absolute Gasteiger partial charge is 0.126 e. The maximum atomic E-state index is 13.3. The average Bonchev–Trinajstić information content (AvgIpc) is 2.41. The van der Waals surface area contributed by atoms with E-state index in [1.165, 1.54) is 18.4 Å². The van der Waals surface area contributed by atoms with Crippen LogP contribution >= 0.6 is 0 Å². The summed E-state index contributed by atoms with van der Waals surface area (Å²) in [5.74, 6) is 0.638. The van der Waals surface area contributed by atoms with E-state index in [0.717, 1.165) is 37.7 Å². The second kappa shape index (κ2) is 7.19. The van der Waals surface area contributed by atoms with Crippen molar-refractivity contribution >= 4 is 0 Å². The van der Waals surface area contributed by atoms with E-state index in [1.807, 2.05) is 19.1 Å². The van der Waals surface area contributed by atoms with E-state index in [0.29, 0.717) is 6.04 Å². The highest BCUT2D eigenvalue weighted by molar-refractivity contribution is 5.23. The molecule has 1 aromatic rings. The Morgan fingerprint density at radius 1 is 1.40 bits per heavy atom. The first-order chi connectivity index (χ1) is 9.54. The summed E-state index contributed by atoms with van der Waals surface area (Å²) >= 11 is 0. The van der Waals surface area contributed by atoms with Crippen LogP contribution in [0.3, 0.4) is 0 Å². The summed E-state index contributed by atoms with van der Waals surface area (Å²) in [7, 11) is 0. The largest absolute Gasteiger partial charge is 0.314 e. The molecule has 1 aliphatic rings. The average molecular weight is 278 g/mol. The van der Waals surface area contributed by atoms with E-state index in [4.69, 9.17) is 0 Å². The van der Waals surface area contributed by atoms with Crippen molar-refractivity contribution in [3.8, 4) is 0 Å². The Morgan fingerprint density at radius 2 is 2.20 bits per heavy atom. The minimum absolute atomic E-state index is 0.105. The van der Waals surface area contributed by atoms with Gasteiger partial charge in [0.2, 0.25) is 0 Å². The van der Waals surface area contributed by atoms with Gasteiger partial charge in [0.25, 0.3) is 0 Å². The zero-order chi connectivity index (χ0) is 14.5. The Hall–Kier alpha value is -0.930. The van der Waals surface area contributed by atoms with Gasteiger partial charge >= 0.3 is 0 Å². The Bertz CT molecular complexity index is 431. The number of likely N-dealkylation sites (tertiary alicyclic amines) is 1. The summed E-state index contributed by atoms with van der Waals surface area (Å²) in [6, 6.07) is 6.04. The fourth-order valence-electron chi connectivity index (χ4n) is 2.93. The maximum Gasteiger partial charge on any atom is 0.126 e. The first-order valence-corrected chi connectivity index (χ1v) is 7.75. The first-order valence-electron chi connectivity index (χ1n) is 7.75. The Morgan fingerprint density at radius 3 is 2.90 bits per heavy atom. The van der Waals surface area contributed by atoms with Gasteiger partial charge in [0.05, 0.1) is 0 Å². The molecule has 0 aliphatic carbocycles. The van der Waals surface area contributed by atoms with Crippen LogP contribution in [0, 0.1) is 18.7 Å². The monoisotopic (exact) mass is 278 g/mol. The molecule has 1 N–H and O–H groups in total. The highest BCUT2D eigenvalue weighted by Gasteiger charge is 2.20. The third-order valence-electron chi connectivity index (χ3n) is 4.05. The summed E-state index contributed by atoms with van der Waals surface area (Å²) in [6.07, 6.45) is 2.59. The molecule has 1 heterocycles. The standard InChI is InChI=1S/C17H27FN2/c1-13(2)19-10-16-5-4-8-20(12-16)11-15-6-7-17(18)14(3)9-15/h6-7,9,13,16,19H,4-5,8,10-12H2,1-3H3. The molecule has 0 radical (unpaired) electrons. The van der Waals surface area contributed by atoms with Gasteiger partial charge in [-0.05, 0) is 56.0 Å². The molecule has 1 saturated heterocycles. The molecule has 3 heteroatoms. The molecule has 2 rings (SSSR count). The number of rotatable bonds is 5. The van der Waals surface area contributed by atoms with E-state index in [-0.39, 0.29) is 5.82 Å². The lowest BCUT2D eigenvalue weighted by molar-refractivity contribution is 0.164. The minimum atomic E-state index is -0.105. The number of piperidine rings is 1. The molecule has 20 heavy (non-hydrogen) atoms. The SMILES string of the molecule is Cc1cc(CN2CCCC(CNC(C)C)C2)ccc1F. The third-order valence-corrected chi connectivity index (χ3v) is 4.05. The van der Waals surface area contributed by atoms with Gasteiger partial charge in [0, 0.05) is 19.1 Å². The maximum absolute atomic E-state index is 13.3. The van der Waals surface area contributed by atoms with Gasteiger partial charge in [-0.1, -0.05) is 26.0 Å². The molecule has 1 aromatic carbocycles. The number of aryl methyl sites for hydroxylation is 1. The lowest BCUT2D eigenvalue weighted by Gasteiger charge is -2.33. The van der Waals surface area contributed by atoms with Crippen LogP contribution in [-0.2, 0) is 6.54 Å². The topological polar surface area (TPSA) is 15.3 Å². The molecule has 0 amide bonds. The fourth-order valence-corrected chi connectivity index (χ4v) is 2.93. The van der Waals surface area contributed by atoms with Crippen molar-refractivity contribution in [1.29, 1.82) is 0 Å². The van der Waals surface area contributed by atoms with Crippen molar-refractivity contribution in [3.05, 3.63) is 35.1 Å². The number of hydrogen-bond donors (Lipinski definition) is 1. The second-order valence-electron chi connectivity index (χ2n) is 6.39. The van der Waals surface area contributed by atoms with Crippen molar-refractivity contribution in [2.45, 2.75) is 46.2 Å². The van der Waals surface area contributed by atoms with Crippen LogP contribution in [0.1, 0.15) is 37.8 Å². The van der Waals surface area contributed by atoms with Crippen molar-refractivity contribution in [3.63, 3.8) is 0 Å². The van der Waals surface area contributed by atoms with Gasteiger partial charge in [-0.15, -0.1) is 0 Å². The minimum Gasteiger partial charge on any atom is -0.314 e. The van der Waals surface area contributed by atoms with E-state index < -0.39 is 0 Å². The number of halogens is 1. The summed E-state index contributed by atoms with van der Waals surface area (Å²) in [5, 5.41) is 3.54. The predicted molar refractivity (Wildman–Crippen MR) is 82.3 cm³/mol. The molecule has 0 saturated carbocycles. The van der Waals surface area contributed by atoms with E-state index in [9.17, 15) is 4.39 Å². The van der Waals surface area contributed by atoms with E-state index >= 15 is 0 Å². The van der Waals surface area contributed by atoms with Gasteiger partial charge in [-0.3, -0.25) is 4.90 Å². The van der Waals surface area contributed by atoms with Crippen molar-refractivity contribution in [1.82, 2.24) is 10.2 Å². The normalized spacial score (nSPS) is 20.6. The molecule has 1 aliphatic heterocycles. The summed E-state index contributed by atoms with van der Waals surface area (Å²) in [5.41, 5.74) is 1.97. The van der Waals surface area contributed by atoms with Crippen LogP contribution in [-0.4, -0.2) is 30.6 Å². The molecule has 112 valence electrons. The Balaban J connectivity index is 1.87. The molecule has 0 bridgehead atoms. The molecular formula is C17H27FN2. The van der Waals surface area contributed by atoms with E-state index in [2.05, 4.69) is 24.1 Å². The fraction of sp³-hybridized carbons (Fsp3) is 0.647. The zero-order valence-corrected chi connectivity index (χ0v) is 13.0. The van der Waals surface area contributed by atoms with Gasteiger partial charge < -0.3 is 5.32 Å². The second-order valence-corrected chi connectivity index (χ2v) is 6.39. The molecule has 0 spiro atoms. The third kappa shape index (κ3) is 4.57. The lowest BCUT2D eigenvalue weighted by Crippen LogP contribution is -2.40. The van der Waals surface area contributed by atoms with Gasteiger partial charge in [0.15, 0.2) is 0 Å². The van der Waals surface area contributed by atoms with Crippen LogP contribution in [0.4, 0.5) is 4.39 Å². The van der Waals surface area contributed by atoms with Crippen molar-refractivity contribution in [2.24, 2.45) is 5.92 Å². The van der Waals surface area contributed by atoms with E-state index in [1.54, 1.807) is 6.07 Å². The van der Waals surface area contributed by atoms with Crippen LogP contribution < -0.4 is 5.32 Å². The molecule has 1 unspecified atom stereocenters. The number of nitrogens with one attached hydrogen (secondary N) is 1. The van der Waals surface area contributed by atoms with Crippen molar-refractivity contribution < 1.29 is 4.39 Å². The summed E-state index contributed by atoms with van der Waals surface area (Å²) in [4.78, 5) is 2.50. The highest BCUT2D eigenvalue weighted by atomic mass is 19.1. The summed E-state index contributed by atoms with van der Waals surface area (Å²) < 4.78 is 13.3. The molecule has 1 atom stereocenters. The first kappa shape index (κ1) is 15.5. The lowest BCUT2D eigenvalue weighted by atomic mass is 9.97. The Kier molecular flexibility index (Phi) is 5.55. The van der Waals surface area contributed by atoms with Crippen LogP contribution in [0.15, 0.2) is 18.2 Å². The van der Waals surface area contributed by atoms with Crippen molar-refractivity contribution in [2.75, 3.05) is 19.6 Å². The number of nitrogens with zero attached hydrogens (tertiary/aromatic N) is 1. The van der Waals surface area contributed by atoms with Crippen LogP contribution in [0.2, 0.25) is 0 Å². The molecule has 0 aromatic heterocycles. The van der Waals surface area contributed by atoms with Crippen LogP contribution in [0.5, 0.6) is 0 Å². The van der Waals surface area contributed by atoms with Crippen LogP contribution in [0.25, 0.3) is 0 Å². The molecule has 2 nitrogen and oxygen atoms in total. The zero-order valence-electron chi connectivity index (χ0n) is 13.0. The predicted octanol–water partition coefficient (Wildman–Crippen LogP) is 3.34. The number of benzene rings is 1. The van der Waals surface area contributed by atoms with Gasteiger partial charge in [-0.25, -0.2) is 4.39 Å². The summed E-state index contributed by atoms with van der Waals surface area (Å²) in [6.45, 7) is 10.6. The molecular weight excluding hydrogens is 251 g/mol. The van der Waals surface area contributed by atoms with Gasteiger partial charge in [-0.2, -0.15) is 0 Å².